The van der Waals surface area contributed by atoms with Crippen molar-refractivity contribution in [1.82, 2.24) is 10.3 Å². The van der Waals surface area contributed by atoms with Gasteiger partial charge in [-0.1, -0.05) is 6.07 Å². The Morgan fingerprint density at radius 3 is 2.42 bits per heavy atom. The van der Waals surface area contributed by atoms with Gasteiger partial charge in [-0.25, -0.2) is 4.79 Å². The normalized spacial score (nSPS) is 12.3. The molecule has 3 N–H and O–H groups in total. The molecule has 0 aliphatic carbocycles. The summed E-state index contributed by atoms with van der Waals surface area (Å²) >= 11 is 0. The molecule has 0 radical (unpaired) electrons. The van der Waals surface area contributed by atoms with Gasteiger partial charge in [0.25, 0.3) is 5.56 Å². The number of aromatic nitrogens is 1. The number of benzene rings is 2. The average molecular weight is 599 g/mol. The fraction of sp³-hybridized carbons (Fsp3) is 0.367. The van der Waals surface area contributed by atoms with Crippen molar-refractivity contribution in [1.29, 1.82) is 0 Å². The number of fused-ring (bicyclic) bond motifs is 1. The predicted molar refractivity (Wildman–Crippen MR) is 153 cm³/mol. The zero-order valence-corrected chi connectivity index (χ0v) is 24.5. The summed E-state index contributed by atoms with van der Waals surface area (Å²) in [7, 11) is 4.35. The number of ether oxygens (including phenoxy) is 7. The summed E-state index contributed by atoms with van der Waals surface area (Å²) in [6.07, 6.45) is 0.726. The van der Waals surface area contributed by atoms with Crippen molar-refractivity contribution in [3.8, 4) is 40.2 Å². The van der Waals surface area contributed by atoms with Gasteiger partial charge in [0.15, 0.2) is 23.0 Å². The molecule has 13 heteroatoms. The smallest absolute Gasteiger partial charge is 0.343 e. The van der Waals surface area contributed by atoms with Gasteiger partial charge in [-0.3, -0.25) is 9.59 Å². The van der Waals surface area contributed by atoms with E-state index in [1.807, 2.05) is 6.92 Å². The third-order valence-corrected chi connectivity index (χ3v) is 6.74. The summed E-state index contributed by atoms with van der Waals surface area (Å²) in [6, 6.07) is 6.81. The Bertz CT molecular complexity index is 1550. The highest BCUT2D eigenvalue weighted by molar-refractivity contribution is 5.92. The molecule has 3 aromatic rings. The number of hydrogen-bond donors (Lipinski definition) is 3. The summed E-state index contributed by atoms with van der Waals surface area (Å²) in [5, 5.41) is 14.1. The fourth-order valence-corrected chi connectivity index (χ4v) is 4.80. The molecule has 0 bridgehead atoms. The Labute approximate surface area is 247 Å². The van der Waals surface area contributed by atoms with E-state index in [1.54, 1.807) is 25.1 Å². The Balaban J connectivity index is 1.77. The number of esters is 1. The Morgan fingerprint density at radius 1 is 1.00 bits per heavy atom. The van der Waals surface area contributed by atoms with Crippen LogP contribution in [-0.4, -0.2) is 63.3 Å². The first-order chi connectivity index (χ1) is 20.8. The minimum absolute atomic E-state index is 0.0438. The highest BCUT2D eigenvalue weighted by atomic mass is 16.7. The standard InChI is InChI=1S/C30H34N2O11/c1-6-40-21-10-16(8-9-20(21)37-3)13-31-23(33)12-17(24-25(34)19(14-32-29(24)35)30(36)41-7-2)18-11-22(38-4)27-28(26(18)39-5)43-15-42-27/h8-11,14,17H,6-7,12-13,15H2,1-5H3,(H,31,33)(H2,32,34,35)/t17-/m0/s1. The molecule has 1 aromatic heterocycles. The molecular formula is C30H34N2O11. The molecule has 230 valence electrons. The Morgan fingerprint density at radius 2 is 1.74 bits per heavy atom. The lowest BCUT2D eigenvalue weighted by molar-refractivity contribution is -0.121. The first-order valence-corrected chi connectivity index (χ1v) is 13.5. The van der Waals surface area contributed by atoms with Crippen molar-refractivity contribution in [2.24, 2.45) is 0 Å². The van der Waals surface area contributed by atoms with Gasteiger partial charge in [0.05, 0.1) is 40.1 Å². The first-order valence-electron chi connectivity index (χ1n) is 13.5. The molecule has 0 spiro atoms. The van der Waals surface area contributed by atoms with Crippen LogP contribution in [0.3, 0.4) is 0 Å². The molecule has 13 nitrogen and oxygen atoms in total. The van der Waals surface area contributed by atoms with E-state index in [0.29, 0.717) is 18.1 Å². The van der Waals surface area contributed by atoms with Crippen molar-refractivity contribution < 1.29 is 47.9 Å². The van der Waals surface area contributed by atoms with Gasteiger partial charge in [0.2, 0.25) is 24.2 Å². The van der Waals surface area contributed by atoms with Gasteiger partial charge in [0, 0.05) is 30.6 Å². The third-order valence-electron chi connectivity index (χ3n) is 6.74. The Hall–Kier alpha value is -5.07. The molecule has 1 aliphatic heterocycles. The predicted octanol–water partition coefficient (Wildman–Crippen LogP) is 3.25. The van der Waals surface area contributed by atoms with Crippen LogP contribution in [0.5, 0.6) is 40.2 Å². The van der Waals surface area contributed by atoms with E-state index in [0.717, 1.165) is 11.8 Å². The molecule has 2 aromatic carbocycles. The molecule has 4 rings (SSSR count). The van der Waals surface area contributed by atoms with Gasteiger partial charge in [-0.05, 0) is 37.6 Å². The third kappa shape index (κ3) is 6.40. The topological polar surface area (TPSA) is 164 Å². The lowest BCUT2D eigenvalue weighted by Gasteiger charge is -2.23. The minimum Gasteiger partial charge on any atom is -0.506 e. The van der Waals surface area contributed by atoms with Crippen LogP contribution in [0.15, 0.2) is 35.3 Å². The maximum atomic E-state index is 13.5. The number of nitrogens with one attached hydrogen (secondary N) is 2. The summed E-state index contributed by atoms with van der Waals surface area (Å²) in [4.78, 5) is 41.8. The quantitative estimate of drug-likeness (QED) is 0.248. The van der Waals surface area contributed by atoms with E-state index in [2.05, 4.69) is 10.3 Å². The van der Waals surface area contributed by atoms with Gasteiger partial charge >= 0.3 is 5.97 Å². The van der Waals surface area contributed by atoms with Gasteiger partial charge < -0.3 is 48.6 Å². The highest BCUT2D eigenvalue weighted by Crippen LogP contribution is 2.53. The lowest BCUT2D eigenvalue weighted by Crippen LogP contribution is -2.28. The van der Waals surface area contributed by atoms with Gasteiger partial charge in [-0.2, -0.15) is 0 Å². The van der Waals surface area contributed by atoms with Crippen LogP contribution in [0.4, 0.5) is 0 Å². The van der Waals surface area contributed by atoms with E-state index in [9.17, 15) is 19.5 Å². The maximum Gasteiger partial charge on any atom is 0.343 e. The lowest BCUT2D eigenvalue weighted by atomic mass is 9.86. The van der Waals surface area contributed by atoms with Crippen molar-refractivity contribution >= 4 is 11.9 Å². The molecule has 1 atom stereocenters. The van der Waals surface area contributed by atoms with Crippen molar-refractivity contribution in [3.05, 3.63) is 63.1 Å². The van der Waals surface area contributed by atoms with Crippen LogP contribution in [0.2, 0.25) is 0 Å². The first kappa shape index (κ1) is 30.9. The molecule has 0 saturated heterocycles. The van der Waals surface area contributed by atoms with Crippen LogP contribution < -0.4 is 39.3 Å². The number of aromatic hydroxyl groups is 1. The molecule has 0 saturated carbocycles. The number of rotatable bonds is 13. The van der Waals surface area contributed by atoms with Gasteiger partial charge in [0.1, 0.15) is 11.3 Å². The number of H-pyrrole nitrogens is 1. The minimum atomic E-state index is -1.13. The second-order valence-electron chi connectivity index (χ2n) is 9.23. The second kappa shape index (κ2) is 13.7. The molecule has 43 heavy (non-hydrogen) atoms. The number of pyridine rings is 1. The number of methoxy groups -OCH3 is 3. The summed E-state index contributed by atoms with van der Waals surface area (Å²) in [5.41, 5.74) is -0.220. The fourth-order valence-electron chi connectivity index (χ4n) is 4.80. The molecule has 1 aliphatic rings. The van der Waals surface area contributed by atoms with E-state index in [-0.39, 0.29) is 66.1 Å². The monoisotopic (exact) mass is 598 g/mol. The van der Waals surface area contributed by atoms with Crippen LogP contribution in [0.25, 0.3) is 0 Å². The van der Waals surface area contributed by atoms with Gasteiger partial charge in [-0.15, -0.1) is 0 Å². The number of carbonyl (C=O) groups is 2. The number of amides is 1. The van der Waals surface area contributed by atoms with E-state index >= 15 is 0 Å². The average Bonchev–Trinajstić information content (AvgIpc) is 3.49. The van der Waals surface area contributed by atoms with Crippen LogP contribution in [0, 0.1) is 0 Å². The molecule has 1 amide bonds. The zero-order valence-electron chi connectivity index (χ0n) is 24.5. The van der Waals surface area contributed by atoms with Crippen LogP contribution in [0.1, 0.15) is 53.2 Å². The molecular weight excluding hydrogens is 564 g/mol. The Kier molecular flexibility index (Phi) is 9.86. The van der Waals surface area contributed by atoms with Crippen LogP contribution >= 0.6 is 0 Å². The molecule has 0 unspecified atom stereocenters. The van der Waals surface area contributed by atoms with E-state index < -0.39 is 29.1 Å². The van der Waals surface area contributed by atoms with E-state index in [1.165, 1.54) is 27.4 Å². The summed E-state index contributed by atoms with van der Waals surface area (Å²) in [6.45, 7) is 3.95. The largest absolute Gasteiger partial charge is 0.506 e. The van der Waals surface area contributed by atoms with Crippen molar-refractivity contribution in [3.63, 3.8) is 0 Å². The van der Waals surface area contributed by atoms with Crippen molar-refractivity contribution in [2.45, 2.75) is 32.7 Å². The number of carbonyl (C=O) groups excluding carboxylic acids is 2. The maximum absolute atomic E-state index is 13.5. The summed E-state index contributed by atoms with van der Waals surface area (Å²) < 4.78 is 38.3. The number of aromatic amines is 1. The summed E-state index contributed by atoms with van der Waals surface area (Å²) in [5.74, 6) is -1.08. The highest BCUT2D eigenvalue weighted by Gasteiger charge is 2.35. The SMILES string of the molecule is CCOC(=O)c1c[nH]c(=O)c([C@@H](CC(=O)NCc2ccc(OC)c(OCC)c2)c2cc(OC)c3c(c2OC)OCO3)c1O. The van der Waals surface area contributed by atoms with Crippen LogP contribution in [-0.2, 0) is 16.1 Å². The molecule has 0 fully saturated rings. The molecule has 2 heterocycles. The van der Waals surface area contributed by atoms with E-state index in [4.69, 9.17) is 33.2 Å². The van der Waals surface area contributed by atoms with Crippen molar-refractivity contribution in [2.75, 3.05) is 41.3 Å². The number of hydrogen-bond acceptors (Lipinski definition) is 11. The second-order valence-corrected chi connectivity index (χ2v) is 9.23. The zero-order chi connectivity index (χ0) is 31.1.